The van der Waals surface area contributed by atoms with Gasteiger partial charge in [0.2, 0.25) is 0 Å². The molecule has 0 bridgehead atoms. The molecule has 112 valence electrons. The molecule has 0 atom stereocenters. The number of carbonyl (C=O) groups excluding carboxylic acids is 1. The van der Waals surface area contributed by atoms with E-state index in [1.807, 2.05) is 26.2 Å². The van der Waals surface area contributed by atoms with Gasteiger partial charge < -0.3 is 5.11 Å². The second-order valence-electron chi connectivity index (χ2n) is 5.44. The highest BCUT2D eigenvalue weighted by molar-refractivity contribution is 7.14. The molecular weight excluding hydrogens is 294 g/mol. The number of hydrogen-bond donors (Lipinski definition) is 2. The molecule has 2 aromatic rings. The molecule has 0 radical (unpaired) electrons. The van der Waals surface area contributed by atoms with Crippen molar-refractivity contribution in [3.05, 3.63) is 23.0 Å². The number of thiazole rings is 1. The number of aromatic nitrogens is 4. The van der Waals surface area contributed by atoms with Crippen LogP contribution in [0.15, 0.2) is 11.6 Å². The van der Waals surface area contributed by atoms with Crippen LogP contribution in [0.1, 0.15) is 37.0 Å². The molecule has 0 aliphatic carbocycles. The fraction of sp³-hybridized carbons (Fsp3) is 0.417. The molecule has 0 unspecified atom stereocenters. The minimum atomic E-state index is -1.05. The highest BCUT2D eigenvalue weighted by Gasteiger charge is 2.19. The van der Waals surface area contributed by atoms with Crippen molar-refractivity contribution >= 4 is 28.3 Å². The van der Waals surface area contributed by atoms with Gasteiger partial charge in [0.25, 0.3) is 5.91 Å². The van der Waals surface area contributed by atoms with Crippen molar-refractivity contribution in [3.63, 3.8) is 0 Å². The molecule has 0 aliphatic rings. The zero-order chi connectivity index (χ0) is 15.6. The van der Waals surface area contributed by atoms with Crippen LogP contribution in [0, 0.1) is 0 Å². The Balaban J connectivity index is 2.06. The van der Waals surface area contributed by atoms with Gasteiger partial charge in [0.15, 0.2) is 10.8 Å². The van der Waals surface area contributed by atoms with Crippen LogP contribution in [0.5, 0.6) is 0 Å². The number of rotatable bonds is 4. The van der Waals surface area contributed by atoms with Gasteiger partial charge in [-0.25, -0.2) is 9.67 Å². The Morgan fingerprint density at radius 3 is 2.71 bits per heavy atom. The normalized spacial score (nSPS) is 11.4. The molecule has 1 amide bonds. The predicted octanol–water partition coefficient (Wildman–Crippen LogP) is 1.37. The molecule has 9 heteroatoms. The van der Waals surface area contributed by atoms with Gasteiger partial charge in [0.05, 0.1) is 11.9 Å². The first-order valence-corrected chi connectivity index (χ1v) is 7.03. The molecule has 0 fully saturated rings. The number of amides is 1. The molecule has 2 rings (SSSR count). The average Bonchev–Trinajstić information content (AvgIpc) is 2.96. The second-order valence-corrected chi connectivity index (χ2v) is 6.30. The van der Waals surface area contributed by atoms with Crippen molar-refractivity contribution in [3.8, 4) is 0 Å². The summed E-state index contributed by atoms with van der Waals surface area (Å²) in [5.41, 5.74) is 0.838. The number of carboxylic acids is 1. The lowest BCUT2D eigenvalue weighted by atomic mass is 9.93. The van der Waals surface area contributed by atoms with Crippen LogP contribution < -0.4 is 5.32 Å². The van der Waals surface area contributed by atoms with Gasteiger partial charge in [-0.15, -0.1) is 16.4 Å². The molecule has 21 heavy (non-hydrogen) atoms. The highest BCUT2D eigenvalue weighted by Crippen LogP contribution is 2.26. The summed E-state index contributed by atoms with van der Waals surface area (Å²) in [6.07, 6.45) is 1.28. The Bertz CT molecular complexity index is 670. The van der Waals surface area contributed by atoms with E-state index in [-0.39, 0.29) is 17.7 Å². The van der Waals surface area contributed by atoms with E-state index in [2.05, 4.69) is 20.6 Å². The number of nitrogens with one attached hydrogen (secondary N) is 1. The first kappa shape index (κ1) is 15.1. The highest BCUT2D eigenvalue weighted by atomic mass is 32.1. The molecule has 2 N–H and O–H groups in total. The van der Waals surface area contributed by atoms with Gasteiger partial charge in [0.1, 0.15) is 6.54 Å². The van der Waals surface area contributed by atoms with E-state index in [1.54, 1.807) is 0 Å². The van der Waals surface area contributed by atoms with Crippen LogP contribution in [0.4, 0.5) is 5.13 Å². The standard InChI is InChI=1S/C12H15N5O3S/c1-12(2,3)8-6-21-11(13-8)14-10(20)7-4-17(16-15-7)5-9(18)19/h4,6H,5H2,1-3H3,(H,18,19)(H,13,14,20). The van der Waals surface area contributed by atoms with E-state index in [0.29, 0.717) is 5.13 Å². The third-order valence-electron chi connectivity index (χ3n) is 2.56. The minimum Gasteiger partial charge on any atom is -0.480 e. The topological polar surface area (TPSA) is 110 Å². The van der Waals surface area contributed by atoms with Gasteiger partial charge >= 0.3 is 5.97 Å². The van der Waals surface area contributed by atoms with Crippen molar-refractivity contribution in [1.82, 2.24) is 20.0 Å². The first-order valence-electron chi connectivity index (χ1n) is 6.15. The predicted molar refractivity (Wildman–Crippen MR) is 76.4 cm³/mol. The maximum atomic E-state index is 12.0. The lowest BCUT2D eigenvalue weighted by molar-refractivity contribution is -0.137. The van der Waals surface area contributed by atoms with Gasteiger partial charge in [-0.2, -0.15) is 0 Å². The van der Waals surface area contributed by atoms with Crippen LogP contribution in [-0.4, -0.2) is 37.0 Å². The molecule has 2 heterocycles. The third-order valence-corrected chi connectivity index (χ3v) is 3.32. The fourth-order valence-corrected chi connectivity index (χ4v) is 2.39. The quantitative estimate of drug-likeness (QED) is 0.882. The Kier molecular flexibility index (Phi) is 4.03. The van der Waals surface area contributed by atoms with Gasteiger partial charge in [-0.05, 0) is 0 Å². The van der Waals surface area contributed by atoms with E-state index in [9.17, 15) is 9.59 Å². The zero-order valence-corrected chi connectivity index (χ0v) is 12.6. The summed E-state index contributed by atoms with van der Waals surface area (Å²) in [7, 11) is 0. The minimum absolute atomic E-state index is 0.0451. The number of aliphatic carboxylic acids is 1. The maximum Gasteiger partial charge on any atom is 0.325 e. The summed E-state index contributed by atoms with van der Waals surface area (Å²) < 4.78 is 1.08. The summed E-state index contributed by atoms with van der Waals surface area (Å²) >= 11 is 1.32. The van der Waals surface area contributed by atoms with Gasteiger partial charge in [0, 0.05) is 10.8 Å². The van der Waals surface area contributed by atoms with E-state index < -0.39 is 11.9 Å². The Hall–Kier alpha value is -2.29. The summed E-state index contributed by atoms with van der Waals surface area (Å²) in [6.45, 7) is 5.76. The van der Waals surface area contributed by atoms with Gasteiger partial charge in [-0.3, -0.25) is 14.9 Å². The van der Waals surface area contributed by atoms with E-state index in [0.717, 1.165) is 10.4 Å². The van der Waals surface area contributed by atoms with E-state index >= 15 is 0 Å². The number of carboxylic acid groups (broad SMARTS) is 1. The fourth-order valence-electron chi connectivity index (χ4n) is 1.46. The van der Waals surface area contributed by atoms with E-state index in [4.69, 9.17) is 5.11 Å². The number of hydrogen-bond acceptors (Lipinski definition) is 6. The molecule has 0 aromatic carbocycles. The molecule has 0 saturated carbocycles. The molecule has 0 saturated heterocycles. The SMILES string of the molecule is CC(C)(C)c1csc(NC(=O)c2cn(CC(=O)O)nn2)n1. The summed E-state index contributed by atoms with van der Waals surface area (Å²) in [4.78, 5) is 26.8. The second kappa shape index (κ2) is 5.60. The molecule has 0 aliphatic heterocycles. The van der Waals surface area contributed by atoms with Crippen molar-refractivity contribution in [2.24, 2.45) is 0 Å². The summed E-state index contributed by atoms with van der Waals surface area (Å²) in [5, 5.41) is 20.8. The smallest absolute Gasteiger partial charge is 0.325 e. The van der Waals surface area contributed by atoms with Crippen molar-refractivity contribution in [2.75, 3.05) is 5.32 Å². The van der Waals surface area contributed by atoms with Crippen molar-refractivity contribution < 1.29 is 14.7 Å². The number of nitrogens with zero attached hydrogens (tertiary/aromatic N) is 4. The first-order chi connectivity index (χ1) is 9.75. The zero-order valence-electron chi connectivity index (χ0n) is 11.8. The molecular formula is C12H15N5O3S. The molecule has 8 nitrogen and oxygen atoms in total. The number of carbonyl (C=O) groups is 2. The van der Waals surface area contributed by atoms with Crippen molar-refractivity contribution in [2.45, 2.75) is 32.7 Å². The third kappa shape index (κ3) is 3.85. The van der Waals surface area contributed by atoms with Gasteiger partial charge in [-0.1, -0.05) is 26.0 Å². The van der Waals surface area contributed by atoms with Crippen LogP contribution in [-0.2, 0) is 16.8 Å². The van der Waals surface area contributed by atoms with Crippen LogP contribution in [0.2, 0.25) is 0 Å². The monoisotopic (exact) mass is 309 g/mol. The Morgan fingerprint density at radius 2 is 2.14 bits per heavy atom. The van der Waals surface area contributed by atoms with E-state index in [1.165, 1.54) is 17.5 Å². The van der Waals surface area contributed by atoms with Crippen LogP contribution >= 0.6 is 11.3 Å². The lowest BCUT2D eigenvalue weighted by Gasteiger charge is -2.14. The molecule has 0 spiro atoms. The Morgan fingerprint density at radius 1 is 1.43 bits per heavy atom. The average molecular weight is 309 g/mol. The summed E-state index contributed by atoms with van der Waals surface area (Å²) in [5.74, 6) is -1.52. The Labute approximate surface area is 124 Å². The molecule has 2 aromatic heterocycles. The largest absolute Gasteiger partial charge is 0.480 e. The van der Waals surface area contributed by atoms with Crippen LogP contribution in [0.3, 0.4) is 0 Å². The maximum absolute atomic E-state index is 12.0. The van der Waals surface area contributed by atoms with Crippen LogP contribution in [0.25, 0.3) is 0 Å². The van der Waals surface area contributed by atoms with Crippen molar-refractivity contribution in [1.29, 1.82) is 0 Å². The lowest BCUT2D eigenvalue weighted by Crippen LogP contribution is -2.14. The summed E-state index contributed by atoms with van der Waals surface area (Å²) in [6, 6.07) is 0. The number of anilines is 1.